The summed E-state index contributed by atoms with van der Waals surface area (Å²) in [6.45, 7) is 6.54. The van der Waals surface area contributed by atoms with Crippen molar-refractivity contribution in [1.82, 2.24) is 19.2 Å². The molecule has 2 fully saturated rings. The number of carbonyl (C=O) groups is 1. The van der Waals surface area contributed by atoms with Crippen LogP contribution in [0.15, 0.2) is 79.2 Å². The third-order valence-electron chi connectivity index (χ3n) is 10.6. The monoisotopic (exact) mass is 677 g/mol. The standard InChI is InChI=1S/C39H40ClN5O4/c1-25-32(33-6-3-4-8-34(33)40)7-5-12-39(25,36-10-9-28(37(42-36)49-2)21-44-18-27(19-44)24-46)31-15-35-30(16-41)14-26(20-45(35)23-31)17-43-13-11-29(22-43)38(47)48/h3-10,12,14-15,20,23,25,27,29,46H,11,13,17-19,21-22,24H2,1-2H3,(H,47,48)/t25?,29-,39?/m1/s1. The Morgan fingerprint density at radius 1 is 1.12 bits per heavy atom. The molecule has 2 saturated heterocycles. The Labute approximate surface area is 291 Å². The zero-order valence-electron chi connectivity index (χ0n) is 27.7. The number of aromatic nitrogens is 2. The number of carboxylic acids is 1. The van der Waals surface area contributed by atoms with Crippen molar-refractivity contribution in [3.8, 4) is 11.9 Å². The van der Waals surface area contributed by atoms with E-state index in [1.807, 2.05) is 40.9 Å². The van der Waals surface area contributed by atoms with Crippen molar-refractivity contribution in [1.29, 1.82) is 5.26 Å². The van der Waals surface area contributed by atoms with Gasteiger partial charge in [-0.05, 0) is 59.5 Å². The molecule has 4 aromatic rings. The third kappa shape index (κ3) is 6.04. The molecule has 2 unspecified atom stereocenters. The van der Waals surface area contributed by atoms with Crippen LogP contribution in [0.3, 0.4) is 0 Å². The molecule has 2 aliphatic heterocycles. The Hall–Kier alpha value is -4.46. The average molecular weight is 678 g/mol. The number of halogens is 1. The van der Waals surface area contributed by atoms with Crippen LogP contribution in [0.4, 0.5) is 0 Å². The number of hydrogen-bond donors (Lipinski definition) is 2. The summed E-state index contributed by atoms with van der Waals surface area (Å²) in [5, 5.41) is 30.0. The molecule has 49 heavy (non-hydrogen) atoms. The number of pyridine rings is 2. The van der Waals surface area contributed by atoms with Crippen molar-refractivity contribution in [2.45, 2.75) is 31.8 Å². The summed E-state index contributed by atoms with van der Waals surface area (Å²) in [7, 11) is 1.65. The number of benzene rings is 1. The Balaban J connectivity index is 1.32. The summed E-state index contributed by atoms with van der Waals surface area (Å²) in [4.78, 5) is 21.2. The van der Waals surface area contributed by atoms with Crippen LogP contribution in [-0.4, -0.2) is 75.3 Å². The quantitative estimate of drug-likeness (QED) is 0.217. The topological polar surface area (TPSA) is 114 Å². The summed E-state index contributed by atoms with van der Waals surface area (Å²) in [5.41, 5.74) is 6.37. The molecule has 0 amide bonds. The molecule has 10 heteroatoms. The zero-order valence-corrected chi connectivity index (χ0v) is 28.5. The summed E-state index contributed by atoms with van der Waals surface area (Å²) in [6.07, 6.45) is 11.2. The molecule has 252 valence electrons. The molecule has 3 aliphatic rings. The maximum Gasteiger partial charge on any atom is 0.307 e. The molecular formula is C39H40ClN5O4. The van der Waals surface area contributed by atoms with E-state index in [1.54, 1.807) is 7.11 Å². The van der Waals surface area contributed by atoms with E-state index in [2.05, 4.69) is 65.4 Å². The second kappa shape index (κ2) is 13.4. The fraction of sp³-hybridized carbons (Fsp3) is 0.359. The average Bonchev–Trinajstić information content (AvgIpc) is 3.74. The summed E-state index contributed by atoms with van der Waals surface area (Å²) >= 11 is 6.78. The first-order valence-electron chi connectivity index (χ1n) is 16.8. The number of hydrogen-bond acceptors (Lipinski definition) is 7. The van der Waals surface area contributed by atoms with Crippen LogP contribution in [0.1, 0.15) is 46.9 Å². The van der Waals surface area contributed by atoms with Crippen LogP contribution in [0.5, 0.6) is 5.88 Å². The number of carboxylic acid groups (broad SMARTS) is 1. The molecule has 0 radical (unpaired) electrons. The van der Waals surface area contributed by atoms with Gasteiger partial charge in [0, 0.05) is 74.1 Å². The number of ether oxygens (including phenoxy) is 1. The highest BCUT2D eigenvalue weighted by Crippen LogP contribution is 2.50. The van der Waals surface area contributed by atoms with Gasteiger partial charge < -0.3 is 19.4 Å². The molecule has 3 atom stereocenters. The van der Waals surface area contributed by atoms with Gasteiger partial charge in [0.1, 0.15) is 6.07 Å². The number of likely N-dealkylation sites (tertiary alicyclic amines) is 2. The number of methoxy groups -OCH3 is 1. The minimum Gasteiger partial charge on any atom is -0.481 e. The molecular weight excluding hydrogens is 638 g/mol. The number of nitrogens with zero attached hydrogens (tertiary/aromatic N) is 5. The molecule has 1 aliphatic carbocycles. The predicted octanol–water partition coefficient (Wildman–Crippen LogP) is 5.77. The minimum atomic E-state index is -0.759. The smallest absolute Gasteiger partial charge is 0.307 e. The van der Waals surface area contributed by atoms with Gasteiger partial charge in [0.25, 0.3) is 0 Å². The van der Waals surface area contributed by atoms with Gasteiger partial charge >= 0.3 is 5.97 Å². The van der Waals surface area contributed by atoms with Gasteiger partial charge in [-0.1, -0.05) is 61.0 Å². The van der Waals surface area contributed by atoms with Crippen LogP contribution in [0.2, 0.25) is 5.02 Å². The number of aliphatic hydroxyl groups excluding tert-OH is 1. The lowest BCUT2D eigenvalue weighted by atomic mass is 9.63. The normalized spacial score (nSPS) is 23.0. The highest BCUT2D eigenvalue weighted by molar-refractivity contribution is 6.32. The largest absolute Gasteiger partial charge is 0.481 e. The Morgan fingerprint density at radius 3 is 2.65 bits per heavy atom. The third-order valence-corrected chi connectivity index (χ3v) is 10.9. The maximum atomic E-state index is 11.6. The van der Waals surface area contributed by atoms with Crippen molar-refractivity contribution in [3.05, 3.63) is 118 Å². The van der Waals surface area contributed by atoms with Gasteiger partial charge in [0.15, 0.2) is 0 Å². The molecule has 9 nitrogen and oxygen atoms in total. The van der Waals surface area contributed by atoms with E-state index in [0.717, 1.165) is 52.1 Å². The van der Waals surface area contributed by atoms with Gasteiger partial charge in [-0.3, -0.25) is 14.6 Å². The molecule has 0 saturated carbocycles. The van der Waals surface area contributed by atoms with E-state index in [1.165, 1.54) is 0 Å². The van der Waals surface area contributed by atoms with Gasteiger partial charge in [-0.25, -0.2) is 4.98 Å². The number of rotatable bonds is 10. The fourth-order valence-electron chi connectivity index (χ4n) is 7.93. The van der Waals surface area contributed by atoms with Crippen LogP contribution in [0, 0.1) is 29.1 Å². The van der Waals surface area contributed by atoms with Crippen LogP contribution in [0.25, 0.3) is 11.1 Å². The van der Waals surface area contributed by atoms with Gasteiger partial charge in [0.2, 0.25) is 5.88 Å². The first-order valence-corrected chi connectivity index (χ1v) is 17.1. The predicted molar refractivity (Wildman–Crippen MR) is 188 cm³/mol. The minimum absolute atomic E-state index is 0.110. The second-order valence-electron chi connectivity index (χ2n) is 13.6. The van der Waals surface area contributed by atoms with Crippen molar-refractivity contribution in [2.75, 3.05) is 39.9 Å². The van der Waals surface area contributed by atoms with Gasteiger partial charge in [-0.2, -0.15) is 5.26 Å². The van der Waals surface area contributed by atoms with E-state index in [0.29, 0.717) is 55.0 Å². The first-order chi connectivity index (χ1) is 23.7. The molecule has 1 aromatic carbocycles. The van der Waals surface area contributed by atoms with Crippen molar-refractivity contribution < 1.29 is 19.7 Å². The highest BCUT2D eigenvalue weighted by Gasteiger charge is 2.44. The van der Waals surface area contributed by atoms with Gasteiger partial charge in [-0.15, -0.1) is 0 Å². The van der Waals surface area contributed by atoms with E-state index in [9.17, 15) is 20.3 Å². The number of aliphatic hydroxyl groups is 1. The van der Waals surface area contributed by atoms with Crippen LogP contribution >= 0.6 is 11.6 Å². The SMILES string of the molecule is COc1nc(C2(c3cc4c(C#N)cc(CN5CC[C@@H](C(=O)O)C5)cn4c3)C=CC=C(c3ccccc3Cl)C2C)ccc1CN1CC(CO)C1. The number of nitriles is 1. The molecule has 0 spiro atoms. The Morgan fingerprint density at radius 2 is 1.94 bits per heavy atom. The lowest BCUT2D eigenvalue weighted by Crippen LogP contribution is -2.47. The highest BCUT2D eigenvalue weighted by atomic mass is 35.5. The van der Waals surface area contributed by atoms with Crippen LogP contribution < -0.4 is 4.74 Å². The number of aliphatic carboxylic acids is 1. The van der Waals surface area contributed by atoms with Crippen molar-refractivity contribution >= 4 is 28.7 Å². The fourth-order valence-corrected chi connectivity index (χ4v) is 8.18. The molecule has 7 rings (SSSR count). The molecule has 3 aromatic heterocycles. The van der Waals surface area contributed by atoms with E-state index >= 15 is 0 Å². The maximum absolute atomic E-state index is 11.6. The van der Waals surface area contributed by atoms with E-state index in [4.69, 9.17) is 21.3 Å². The van der Waals surface area contributed by atoms with Gasteiger partial charge in [0.05, 0.1) is 35.2 Å². The molecule has 5 heterocycles. The van der Waals surface area contributed by atoms with E-state index in [-0.39, 0.29) is 18.4 Å². The van der Waals surface area contributed by atoms with E-state index < -0.39 is 11.4 Å². The van der Waals surface area contributed by atoms with Crippen molar-refractivity contribution in [2.24, 2.45) is 17.8 Å². The number of fused-ring (bicyclic) bond motifs is 1. The lowest BCUT2D eigenvalue weighted by Gasteiger charge is -2.40. The Kier molecular flexibility index (Phi) is 9.07. The number of allylic oxidation sites excluding steroid dienone is 4. The summed E-state index contributed by atoms with van der Waals surface area (Å²) < 4.78 is 7.93. The summed E-state index contributed by atoms with van der Waals surface area (Å²) in [6, 6.07) is 18.5. The zero-order chi connectivity index (χ0) is 34.3. The first kappa shape index (κ1) is 33.1. The van der Waals surface area contributed by atoms with Crippen molar-refractivity contribution in [3.63, 3.8) is 0 Å². The second-order valence-corrected chi connectivity index (χ2v) is 14.0. The Bertz CT molecular complexity index is 2010. The molecule has 0 bridgehead atoms. The lowest BCUT2D eigenvalue weighted by molar-refractivity contribution is -0.141. The summed E-state index contributed by atoms with van der Waals surface area (Å²) in [5.74, 6) is -0.361. The molecule has 2 N–H and O–H groups in total. The van der Waals surface area contributed by atoms with Crippen LogP contribution in [-0.2, 0) is 23.3 Å².